The van der Waals surface area contributed by atoms with E-state index in [1.807, 2.05) is 0 Å². The molecule has 2 aliphatic rings. The first-order chi connectivity index (χ1) is 6.79. The molecule has 0 aromatic heterocycles. The molecule has 2 heteroatoms. The maximum atomic E-state index is 5.09. The monoisotopic (exact) mass is 260 g/mol. The summed E-state index contributed by atoms with van der Waals surface area (Å²) in [5, 5.41) is 1.22. The molecule has 2 rings (SSSR count). The predicted octanol–water partition coefficient (Wildman–Crippen LogP) is 3.61. The summed E-state index contributed by atoms with van der Waals surface area (Å²) in [6.45, 7) is 0.936. The maximum Gasteiger partial charge on any atom is 0.0462 e. The van der Waals surface area contributed by atoms with Gasteiger partial charge in [0.1, 0.15) is 0 Å². The Labute approximate surface area is 95.7 Å². The van der Waals surface area contributed by atoms with Crippen LogP contribution in [0.15, 0.2) is 0 Å². The maximum absolute atomic E-state index is 5.09. The van der Waals surface area contributed by atoms with E-state index in [2.05, 4.69) is 15.9 Å². The molecule has 0 bridgehead atoms. The molecule has 1 nitrogen and oxygen atoms in total. The molecule has 0 aromatic rings. The summed E-state index contributed by atoms with van der Waals surface area (Å²) in [4.78, 5) is 0. The highest BCUT2D eigenvalue weighted by molar-refractivity contribution is 9.09. The molecule has 2 fully saturated rings. The number of fused-ring (bicyclic) bond motifs is 1. The first-order valence-corrected chi connectivity index (χ1v) is 6.97. The molecule has 0 amide bonds. The molecule has 2 atom stereocenters. The van der Waals surface area contributed by atoms with Gasteiger partial charge in [-0.2, -0.15) is 0 Å². The molecule has 14 heavy (non-hydrogen) atoms. The van der Waals surface area contributed by atoms with Crippen LogP contribution in [0.2, 0.25) is 0 Å². The number of alkyl halides is 1. The van der Waals surface area contributed by atoms with Gasteiger partial charge in [-0.15, -0.1) is 0 Å². The van der Waals surface area contributed by atoms with E-state index in [1.54, 1.807) is 7.11 Å². The fourth-order valence-electron chi connectivity index (χ4n) is 3.13. The lowest BCUT2D eigenvalue weighted by Crippen LogP contribution is -2.20. The SMILES string of the molecule is COCCCCC1(CBr)CC2CC2C1. The van der Waals surface area contributed by atoms with E-state index in [-0.39, 0.29) is 0 Å². The molecular formula is C12H21BrO. The molecular weight excluding hydrogens is 240 g/mol. The van der Waals surface area contributed by atoms with Crippen LogP contribution in [0.4, 0.5) is 0 Å². The van der Waals surface area contributed by atoms with Gasteiger partial charge in [-0.1, -0.05) is 22.4 Å². The molecule has 0 heterocycles. The van der Waals surface area contributed by atoms with Crippen molar-refractivity contribution in [3.05, 3.63) is 0 Å². The summed E-state index contributed by atoms with van der Waals surface area (Å²) in [5.41, 5.74) is 0.668. The fourth-order valence-corrected chi connectivity index (χ4v) is 3.87. The summed E-state index contributed by atoms with van der Waals surface area (Å²) < 4.78 is 5.09. The number of halogens is 1. The summed E-state index contributed by atoms with van der Waals surface area (Å²) in [6.07, 6.45) is 8.52. The van der Waals surface area contributed by atoms with E-state index in [0.29, 0.717) is 5.41 Å². The minimum Gasteiger partial charge on any atom is -0.385 e. The van der Waals surface area contributed by atoms with Crippen LogP contribution in [-0.2, 0) is 4.74 Å². The Morgan fingerprint density at radius 1 is 1.29 bits per heavy atom. The van der Waals surface area contributed by atoms with Crippen LogP contribution < -0.4 is 0 Å². The first-order valence-electron chi connectivity index (χ1n) is 5.84. The lowest BCUT2D eigenvalue weighted by Gasteiger charge is -2.28. The zero-order valence-electron chi connectivity index (χ0n) is 9.10. The van der Waals surface area contributed by atoms with Crippen LogP contribution in [0, 0.1) is 17.3 Å². The number of hydrogen-bond donors (Lipinski definition) is 0. The predicted molar refractivity (Wildman–Crippen MR) is 62.8 cm³/mol. The zero-order chi connectivity index (χ0) is 10.0. The smallest absolute Gasteiger partial charge is 0.0462 e. The largest absolute Gasteiger partial charge is 0.385 e. The van der Waals surface area contributed by atoms with Gasteiger partial charge in [-0.3, -0.25) is 0 Å². The van der Waals surface area contributed by atoms with Crippen LogP contribution >= 0.6 is 15.9 Å². The van der Waals surface area contributed by atoms with Gasteiger partial charge in [0, 0.05) is 19.0 Å². The standard InChI is InChI=1S/C12H21BrO/c1-14-5-3-2-4-12(9-13)7-10-6-11(10)8-12/h10-11H,2-9H2,1H3. The molecule has 0 aliphatic heterocycles. The lowest BCUT2D eigenvalue weighted by atomic mass is 9.80. The Balaban J connectivity index is 1.70. The van der Waals surface area contributed by atoms with Gasteiger partial charge in [0.15, 0.2) is 0 Å². The fraction of sp³-hybridized carbons (Fsp3) is 1.00. The molecule has 2 aliphatic carbocycles. The number of ether oxygens (including phenoxy) is 1. The minimum absolute atomic E-state index is 0.668. The summed E-state index contributed by atoms with van der Waals surface area (Å²) in [6, 6.07) is 0. The van der Waals surface area contributed by atoms with Crippen molar-refractivity contribution < 1.29 is 4.74 Å². The molecule has 0 saturated heterocycles. The molecule has 0 radical (unpaired) electrons. The van der Waals surface area contributed by atoms with E-state index < -0.39 is 0 Å². The van der Waals surface area contributed by atoms with E-state index in [4.69, 9.17) is 4.74 Å². The number of hydrogen-bond acceptors (Lipinski definition) is 1. The Morgan fingerprint density at radius 2 is 2.00 bits per heavy atom. The number of unbranched alkanes of at least 4 members (excludes halogenated alkanes) is 1. The van der Waals surface area contributed by atoms with Crippen molar-refractivity contribution in [3.63, 3.8) is 0 Å². The highest BCUT2D eigenvalue weighted by Gasteiger charge is 2.52. The van der Waals surface area contributed by atoms with Gasteiger partial charge in [-0.25, -0.2) is 0 Å². The van der Waals surface area contributed by atoms with E-state index in [1.165, 1.54) is 43.9 Å². The third-order valence-corrected chi connectivity index (χ3v) is 5.24. The van der Waals surface area contributed by atoms with Gasteiger partial charge in [0.2, 0.25) is 0 Å². The van der Waals surface area contributed by atoms with Gasteiger partial charge < -0.3 is 4.74 Å². The lowest BCUT2D eigenvalue weighted by molar-refractivity contribution is 0.182. The summed E-state index contributed by atoms with van der Waals surface area (Å²) in [5.74, 6) is 2.21. The van der Waals surface area contributed by atoms with Gasteiger partial charge in [0.05, 0.1) is 0 Å². The zero-order valence-corrected chi connectivity index (χ0v) is 10.7. The van der Waals surface area contributed by atoms with E-state index >= 15 is 0 Å². The Kier molecular flexibility index (Phi) is 3.54. The highest BCUT2D eigenvalue weighted by Crippen LogP contribution is 2.61. The van der Waals surface area contributed by atoms with E-state index in [9.17, 15) is 0 Å². The quantitative estimate of drug-likeness (QED) is 0.524. The first kappa shape index (κ1) is 10.9. The van der Waals surface area contributed by atoms with Crippen molar-refractivity contribution in [2.75, 3.05) is 19.0 Å². The molecule has 2 saturated carbocycles. The Hall–Kier alpha value is 0.440. The molecule has 0 N–H and O–H groups in total. The van der Waals surface area contributed by atoms with Crippen LogP contribution in [0.3, 0.4) is 0 Å². The molecule has 2 unspecified atom stereocenters. The van der Waals surface area contributed by atoms with Gasteiger partial charge in [-0.05, 0) is 49.4 Å². The van der Waals surface area contributed by atoms with Crippen molar-refractivity contribution >= 4 is 15.9 Å². The van der Waals surface area contributed by atoms with Crippen LogP contribution in [0.5, 0.6) is 0 Å². The second-order valence-electron chi connectivity index (χ2n) is 5.25. The van der Waals surface area contributed by atoms with Crippen molar-refractivity contribution in [1.82, 2.24) is 0 Å². The minimum atomic E-state index is 0.668. The Bertz CT molecular complexity index is 183. The third kappa shape index (κ3) is 2.33. The average Bonchev–Trinajstić information content (AvgIpc) is 2.82. The second-order valence-corrected chi connectivity index (χ2v) is 5.81. The topological polar surface area (TPSA) is 9.23 Å². The van der Waals surface area contributed by atoms with E-state index in [0.717, 1.165) is 18.4 Å². The van der Waals surface area contributed by atoms with Crippen LogP contribution in [-0.4, -0.2) is 19.0 Å². The highest BCUT2D eigenvalue weighted by atomic mass is 79.9. The number of methoxy groups -OCH3 is 1. The molecule has 82 valence electrons. The van der Waals surface area contributed by atoms with Gasteiger partial charge in [0.25, 0.3) is 0 Å². The summed E-state index contributed by atoms with van der Waals surface area (Å²) >= 11 is 3.72. The average molecular weight is 261 g/mol. The van der Waals surface area contributed by atoms with Crippen molar-refractivity contribution in [1.29, 1.82) is 0 Å². The molecule has 0 spiro atoms. The Morgan fingerprint density at radius 3 is 2.57 bits per heavy atom. The summed E-state index contributed by atoms with van der Waals surface area (Å²) in [7, 11) is 1.80. The normalized spacial score (nSPS) is 39.9. The number of rotatable bonds is 6. The molecule has 0 aromatic carbocycles. The third-order valence-electron chi connectivity index (χ3n) is 4.05. The van der Waals surface area contributed by atoms with Crippen LogP contribution in [0.1, 0.15) is 38.5 Å². The van der Waals surface area contributed by atoms with Crippen molar-refractivity contribution in [2.24, 2.45) is 17.3 Å². The van der Waals surface area contributed by atoms with Crippen molar-refractivity contribution in [3.8, 4) is 0 Å². The van der Waals surface area contributed by atoms with Gasteiger partial charge >= 0.3 is 0 Å². The van der Waals surface area contributed by atoms with Crippen molar-refractivity contribution in [2.45, 2.75) is 38.5 Å². The second kappa shape index (κ2) is 4.52. The van der Waals surface area contributed by atoms with Crippen LogP contribution in [0.25, 0.3) is 0 Å².